The first-order valence-corrected chi connectivity index (χ1v) is 17.2. The number of pyridine rings is 1. The summed E-state index contributed by atoms with van der Waals surface area (Å²) in [6.45, 7) is -0.394. The number of aromatic hydroxyl groups is 2. The van der Waals surface area contributed by atoms with Crippen LogP contribution in [-0.2, 0) is 4.79 Å². The van der Waals surface area contributed by atoms with Crippen molar-refractivity contribution in [3.05, 3.63) is 125 Å². The first-order chi connectivity index (χ1) is 28.4. The van der Waals surface area contributed by atoms with Crippen molar-refractivity contribution in [3.63, 3.8) is 0 Å². The predicted octanol–water partition coefficient (Wildman–Crippen LogP) is 4.28. The average molecular weight is 801 g/mol. The van der Waals surface area contributed by atoms with Crippen LogP contribution >= 0.6 is 0 Å². The topological polar surface area (TPSA) is 280 Å². The van der Waals surface area contributed by atoms with Gasteiger partial charge >= 0.3 is 5.97 Å². The Morgan fingerprint density at radius 3 is 1.80 bits per heavy atom. The molecule has 0 fully saturated rings. The number of anilines is 4. The lowest BCUT2D eigenvalue weighted by Gasteiger charge is -2.16. The van der Waals surface area contributed by atoms with E-state index in [-0.39, 0.29) is 51.3 Å². The summed E-state index contributed by atoms with van der Waals surface area (Å²) in [5.74, 6) is -6.51. The molecule has 19 nitrogen and oxygen atoms in total. The van der Waals surface area contributed by atoms with E-state index >= 15 is 0 Å². The van der Waals surface area contributed by atoms with Crippen LogP contribution in [-0.4, -0.2) is 86.5 Å². The summed E-state index contributed by atoms with van der Waals surface area (Å²) in [4.78, 5) is 87.9. The number of aromatic carboxylic acids is 1. The van der Waals surface area contributed by atoms with Gasteiger partial charge in [-0.2, -0.15) is 0 Å². The predicted molar refractivity (Wildman–Crippen MR) is 211 cm³/mol. The molecule has 0 saturated heterocycles. The van der Waals surface area contributed by atoms with E-state index in [2.05, 4.69) is 41.5 Å². The van der Waals surface area contributed by atoms with Crippen molar-refractivity contribution in [2.75, 3.05) is 42.0 Å². The molecule has 59 heavy (non-hydrogen) atoms. The summed E-state index contributed by atoms with van der Waals surface area (Å²) in [7, 11) is 2.35. The molecule has 0 aliphatic rings. The van der Waals surface area contributed by atoms with E-state index in [1.165, 1.54) is 62.0 Å². The average Bonchev–Trinajstić information content (AvgIpc) is 3.23. The van der Waals surface area contributed by atoms with Gasteiger partial charge in [0.1, 0.15) is 11.3 Å². The number of phenols is 2. The van der Waals surface area contributed by atoms with Crippen LogP contribution in [0.25, 0.3) is 11.0 Å². The Bertz CT molecular complexity index is 2640. The van der Waals surface area contributed by atoms with Crippen molar-refractivity contribution in [2.45, 2.75) is 0 Å². The molecule has 6 aromatic rings. The largest absolute Gasteiger partial charge is 0.504 e. The van der Waals surface area contributed by atoms with E-state index in [9.17, 15) is 44.1 Å². The molecule has 0 aliphatic heterocycles. The Labute approximate surface area is 333 Å². The van der Waals surface area contributed by atoms with Crippen molar-refractivity contribution in [3.8, 4) is 23.0 Å². The highest BCUT2D eigenvalue weighted by Gasteiger charge is 2.24. The zero-order valence-corrected chi connectivity index (χ0v) is 30.9. The molecule has 5 amide bonds. The fourth-order valence-electron chi connectivity index (χ4n) is 5.57. The number of rotatable bonds is 13. The highest BCUT2D eigenvalue weighted by Crippen LogP contribution is 2.40. The fraction of sp³-hybridized carbons (Fsp3) is 0.0750. The van der Waals surface area contributed by atoms with E-state index in [1.54, 1.807) is 36.5 Å². The van der Waals surface area contributed by atoms with Crippen LogP contribution in [0.5, 0.6) is 23.0 Å². The molecule has 298 valence electrons. The number of hydrogen-bond acceptors (Lipinski definition) is 13. The maximum atomic E-state index is 13.1. The summed E-state index contributed by atoms with van der Waals surface area (Å²) in [5, 5.41) is 43.1. The van der Waals surface area contributed by atoms with E-state index in [0.717, 1.165) is 13.2 Å². The van der Waals surface area contributed by atoms with E-state index in [4.69, 9.17) is 9.47 Å². The summed E-state index contributed by atoms with van der Waals surface area (Å²) in [5.41, 5.74) is 1.53. The molecule has 0 bridgehead atoms. The molecule has 0 saturated carbocycles. The molecule has 0 spiro atoms. The van der Waals surface area contributed by atoms with Crippen LogP contribution in [0.15, 0.2) is 97.5 Å². The smallest absolute Gasteiger partial charge is 0.339 e. The number of benzene rings is 4. The second-order valence-corrected chi connectivity index (χ2v) is 12.3. The number of carbonyl (C=O) groups is 6. The summed E-state index contributed by atoms with van der Waals surface area (Å²) >= 11 is 0. The lowest BCUT2D eigenvalue weighted by Crippen LogP contribution is -2.32. The molecule has 0 aliphatic carbocycles. The van der Waals surface area contributed by atoms with E-state index in [1.807, 2.05) is 0 Å². The van der Waals surface area contributed by atoms with Gasteiger partial charge in [0.2, 0.25) is 5.91 Å². The van der Waals surface area contributed by atoms with Crippen molar-refractivity contribution in [2.24, 2.45) is 0 Å². The molecule has 19 heteroatoms. The molecule has 2 aromatic heterocycles. The third-order valence-electron chi connectivity index (χ3n) is 8.47. The zero-order chi connectivity index (χ0) is 42.2. The van der Waals surface area contributed by atoms with Gasteiger partial charge in [-0.25, -0.2) is 9.78 Å². The fourth-order valence-corrected chi connectivity index (χ4v) is 5.57. The van der Waals surface area contributed by atoms with Crippen molar-refractivity contribution in [1.29, 1.82) is 0 Å². The molecular weight excluding hydrogens is 768 g/mol. The quantitative estimate of drug-likeness (QED) is 0.0810. The highest BCUT2D eigenvalue weighted by atomic mass is 16.5. The Hall–Kier alpha value is -8.61. The van der Waals surface area contributed by atoms with Gasteiger partial charge in [-0.1, -0.05) is 0 Å². The van der Waals surface area contributed by atoms with Gasteiger partial charge in [0.25, 0.3) is 23.6 Å². The Kier molecular flexibility index (Phi) is 11.9. The highest BCUT2D eigenvalue weighted by molar-refractivity contribution is 6.10. The first kappa shape index (κ1) is 40.1. The zero-order valence-electron chi connectivity index (χ0n) is 30.9. The number of nitrogens with one attached hydrogen (secondary N) is 5. The first-order valence-electron chi connectivity index (χ1n) is 17.2. The number of hydrogen-bond donors (Lipinski definition) is 8. The number of phenolic OH excluding ortho intramolecular Hbond substituents is 1. The molecule has 2 heterocycles. The normalized spacial score (nSPS) is 10.5. The standard InChI is InChI=1S/C40H32N8O11/c1-58-34-28(13-9-24(32(34)50)38(54)47-27-14-10-25(40(56)57)33(51)35(27)59-2)48-39(55)29-12-8-23(18-43-29)45-31(49)19-44-36(52)20-3-6-22(7-4-20)46-37(53)21-5-11-26-30(17-21)42-16-15-41-26/h3-18,50-51H,19H2,1-2H3,(H,44,52)(H,45,49)(H,46,53)(H,47,54)(H,48,55)(H,56,57). The Balaban J connectivity index is 1.00. The molecule has 4 aromatic carbocycles. The van der Waals surface area contributed by atoms with E-state index < -0.39 is 53.2 Å². The second kappa shape index (κ2) is 17.5. The maximum Gasteiger partial charge on any atom is 0.339 e. The number of aromatic nitrogens is 3. The van der Waals surface area contributed by atoms with Gasteiger partial charge in [-0.05, 0) is 78.9 Å². The van der Waals surface area contributed by atoms with Gasteiger partial charge in [-0.3, -0.25) is 33.9 Å². The second-order valence-electron chi connectivity index (χ2n) is 12.3. The number of carboxylic acids is 1. The molecule has 6 rings (SSSR count). The molecule has 0 unspecified atom stereocenters. The Morgan fingerprint density at radius 2 is 1.17 bits per heavy atom. The van der Waals surface area contributed by atoms with Crippen molar-refractivity contribution >= 4 is 69.3 Å². The molecule has 8 N–H and O–H groups in total. The number of amides is 5. The maximum absolute atomic E-state index is 13.1. The van der Waals surface area contributed by atoms with Gasteiger partial charge in [-0.15, -0.1) is 0 Å². The molecular formula is C40H32N8O11. The van der Waals surface area contributed by atoms with Gasteiger partial charge in [0.15, 0.2) is 23.0 Å². The monoisotopic (exact) mass is 800 g/mol. The van der Waals surface area contributed by atoms with Crippen LogP contribution in [0.1, 0.15) is 51.9 Å². The third kappa shape index (κ3) is 9.10. The molecule has 0 radical (unpaired) electrons. The van der Waals surface area contributed by atoms with Crippen LogP contribution in [0.3, 0.4) is 0 Å². The van der Waals surface area contributed by atoms with Crippen molar-refractivity contribution < 1.29 is 53.6 Å². The number of ether oxygens (including phenoxy) is 2. The minimum absolute atomic E-state index is 0.0290. The number of fused-ring (bicyclic) bond motifs is 1. The van der Waals surface area contributed by atoms with Crippen LogP contribution in [0.2, 0.25) is 0 Å². The Morgan fingerprint density at radius 1 is 0.576 bits per heavy atom. The minimum Gasteiger partial charge on any atom is -0.504 e. The van der Waals surface area contributed by atoms with Crippen LogP contribution in [0.4, 0.5) is 22.7 Å². The number of carbonyl (C=O) groups excluding carboxylic acids is 5. The van der Waals surface area contributed by atoms with Gasteiger partial charge in [0, 0.05) is 29.2 Å². The van der Waals surface area contributed by atoms with Crippen LogP contribution < -0.4 is 36.1 Å². The number of methoxy groups -OCH3 is 2. The summed E-state index contributed by atoms with van der Waals surface area (Å²) in [6, 6.07) is 18.4. The van der Waals surface area contributed by atoms with Crippen molar-refractivity contribution in [1.82, 2.24) is 20.3 Å². The van der Waals surface area contributed by atoms with E-state index in [0.29, 0.717) is 22.3 Å². The summed E-state index contributed by atoms with van der Waals surface area (Å²) < 4.78 is 10.3. The summed E-state index contributed by atoms with van der Waals surface area (Å²) in [6.07, 6.45) is 4.30. The molecule has 0 atom stereocenters. The lowest BCUT2D eigenvalue weighted by atomic mass is 10.1. The third-order valence-corrected chi connectivity index (χ3v) is 8.47. The van der Waals surface area contributed by atoms with Gasteiger partial charge < -0.3 is 51.4 Å². The lowest BCUT2D eigenvalue weighted by molar-refractivity contribution is -0.115. The number of nitrogens with zero attached hydrogens (tertiary/aromatic N) is 3. The van der Waals surface area contributed by atoms with Gasteiger partial charge in [0.05, 0.1) is 60.6 Å². The number of carboxylic acid groups (broad SMARTS) is 1. The minimum atomic E-state index is -1.42. The van der Waals surface area contributed by atoms with Crippen LogP contribution in [0, 0.1) is 0 Å². The SMILES string of the molecule is COc1c(NC(=O)c2ccc(NC(=O)c3ccc(NC(=O)CNC(=O)c4ccc(NC(=O)c5ccc6nccnc6c5)cc4)cn3)c(OC)c2O)ccc(C(=O)O)c1O.